The smallest absolute Gasteiger partial charge is 0.220 e. The number of alkyl halides is 1. The molecule has 0 radical (unpaired) electrons. The number of primary amides is 1. The van der Waals surface area contributed by atoms with E-state index in [9.17, 15) is 4.79 Å². The molecule has 1 aromatic rings. The van der Waals surface area contributed by atoms with Crippen molar-refractivity contribution in [2.75, 3.05) is 5.33 Å². The van der Waals surface area contributed by atoms with E-state index >= 15 is 0 Å². The molecule has 16 heavy (non-hydrogen) atoms. The molecule has 0 heterocycles. The number of carbonyl (C=O) groups excluding carboxylic acids is 1. The molecule has 0 aromatic heterocycles. The third-order valence-electron chi connectivity index (χ3n) is 2.76. The Bertz CT molecular complexity index is 334. The molecule has 0 spiro atoms. The second-order valence-corrected chi connectivity index (χ2v) is 4.89. The Balaban J connectivity index is 2.46. The Morgan fingerprint density at radius 3 is 2.19 bits per heavy atom. The van der Waals surface area contributed by atoms with Crippen LogP contribution in [0.3, 0.4) is 0 Å². The van der Waals surface area contributed by atoms with Crippen LogP contribution in [0.5, 0.6) is 0 Å². The maximum atomic E-state index is 10.9. The number of nitrogens with two attached hydrogens (primary N) is 1. The second kappa shape index (κ2) is 6.69. The van der Waals surface area contributed by atoms with Crippen LogP contribution in [-0.2, 0) is 17.6 Å². The fraction of sp³-hybridized carbons (Fsp3) is 0.462. The standard InChI is InChI=1S/C13H18BrNO/c1-10(13(15)16)2-3-11-4-6-12(7-5-11)8-9-14/h4-7,10H,2-3,8-9H2,1H3,(H2,15,16). The summed E-state index contributed by atoms with van der Waals surface area (Å²) in [5.74, 6) is -0.252. The molecule has 1 unspecified atom stereocenters. The van der Waals surface area contributed by atoms with Crippen molar-refractivity contribution in [2.45, 2.75) is 26.2 Å². The lowest BCUT2D eigenvalue weighted by atomic mass is 9.99. The molecule has 3 heteroatoms. The number of benzene rings is 1. The number of aryl methyl sites for hydroxylation is 2. The van der Waals surface area contributed by atoms with E-state index in [2.05, 4.69) is 40.2 Å². The zero-order chi connectivity index (χ0) is 12.0. The molecule has 1 aromatic carbocycles. The second-order valence-electron chi connectivity index (χ2n) is 4.10. The van der Waals surface area contributed by atoms with Crippen LogP contribution in [0.25, 0.3) is 0 Å². The van der Waals surface area contributed by atoms with Gasteiger partial charge in [-0.05, 0) is 30.4 Å². The fourth-order valence-electron chi connectivity index (χ4n) is 1.51. The minimum Gasteiger partial charge on any atom is -0.369 e. The first kappa shape index (κ1) is 13.2. The Labute approximate surface area is 105 Å². The lowest BCUT2D eigenvalue weighted by Gasteiger charge is -2.07. The SMILES string of the molecule is CC(CCc1ccc(CCBr)cc1)C(N)=O. The molecule has 1 atom stereocenters. The summed E-state index contributed by atoms with van der Waals surface area (Å²) in [6.45, 7) is 1.88. The lowest BCUT2D eigenvalue weighted by molar-refractivity contribution is -0.121. The summed E-state index contributed by atoms with van der Waals surface area (Å²) in [5, 5.41) is 0.991. The van der Waals surface area contributed by atoms with Gasteiger partial charge in [0.25, 0.3) is 0 Å². The van der Waals surface area contributed by atoms with Crippen molar-refractivity contribution >= 4 is 21.8 Å². The highest BCUT2D eigenvalue weighted by Gasteiger charge is 2.08. The first-order chi connectivity index (χ1) is 7.63. The lowest BCUT2D eigenvalue weighted by Crippen LogP contribution is -2.20. The number of halogens is 1. The maximum absolute atomic E-state index is 10.9. The molecule has 0 saturated carbocycles. The molecule has 0 aliphatic carbocycles. The van der Waals surface area contributed by atoms with Gasteiger partial charge < -0.3 is 5.73 Å². The highest BCUT2D eigenvalue weighted by atomic mass is 79.9. The molecular weight excluding hydrogens is 266 g/mol. The average molecular weight is 284 g/mol. The molecule has 2 N–H and O–H groups in total. The van der Waals surface area contributed by atoms with Gasteiger partial charge in [0.2, 0.25) is 5.91 Å². The highest BCUT2D eigenvalue weighted by Crippen LogP contribution is 2.11. The Morgan fingerprint density at radius 2 is 1.75 bits per heavy atom. The minimum absolute atomic E-state index is 0.0396. The molecule has 0 fully saturated rings. The van der Waals surface area contributed by atoms with E-state index in [0.717, 1.165) is 24.6 Å². The third kappa shape index (κ3) is 4.35. The topological polar surface area (TPSA) is 43.1 Å². The van der Waals surface area contributed by atoms with Crippen LogP contribution < -0.4 is 5.73 Å². The largest absolute Gasteiger partial charge is 0.369 e. The summed E-state index contributed by atoms with van der Waals surface area (Å²) in [5.41, 5.74) is 7.83. The Hall–Kier alpha value is -0.830. The van der Waals surface area contributed by atoms with Gasteiger partial charge >= 0.3 is 0 Å². The first-order valence-electron chi connectivity index (χ1n) is 5.56. The Kier molecular flexibility index (Phi) is 5.53. The van der Waals surface area contributed by atoms with Gasteiger partial charge in [0.05, 0.1) is 0 Å². The maximum Gasteiger partial charge on any atom is 0.220 e. The molecule has 0 bridgehead atoms. The molecule has 0 aliphatic rings. The van der Waals surface area contributed by atoms with Crippen LogP contribution in [0.4, 0.5) is 0 Å². The average Bonchev–Trinajstić information content (AvgIpc) is 2.28. The predicted molar refractivity (Wildman–Crippen MR) is 70.6 cm³/mol. The molecule has 2 nitrogen and oxygen atoms in total. The van der Waals surface area contributed by atoms with Crippen LogP contribution in [0, 0.1) is 5.92 Å². The van der Waals surface area contributed by atoms with E-state index in [1.807, 2.05) is 6.92 Å². The van der Waals surface area contributed by atoms with E-state index in [-0.39, 0.29) is 11.8 Å². The summed E-state index contributed by atoms with van der Waals surface area (Å²) in [6.07, 6.45) is 2.80. The van der Waals surface area contributed by atoms with E-state index in [4.69, 9.17) is 5.73 Å². The van der Waals surface area contributed by atoms with Crippen molar-refractivity contribution in [3.8, 4) is 0 Å². The summed E-state index contributed by atoms with van der Waals surface area (Å²) in [7, 11) is 0. The van der Waals surface area contributed by atoms with Crippen molar-refractivity contribution in [3.05, 3.63) is 35.4 Å². The number of hydrogen-bond acceptors (Lipinski definition) is 1. The molecule has 1 rings (SSSR count). The molecule has 0 aliphatic heterocycles. The van der Waals surface area contributed by atoms with Gasteiger partial charge in [-0.2, -0.15) is 0 Å². The highest BCUT2D eigenvalue weighted by molar-refractivity contribution is 9.09. The number of rotatable bonds is 6. The van der Waals surface area contributed by atoms with Crippen LogP contribution in [0.2, 0.25) is 0 Å². The predicted octanol–water partition coefficient (Wildman–Crippen LogP) is 2.68. The van der Waals surface area contributed by atoms with Gasteiger partial charge in [0.15, 0.2) is 0 Å². The van der Waals surface area contributed by atoms with Gasteiger partial charge in [0, 0.05) is 11.2 Å². The molecule has 0 saturated heterocycles. The Morgan fingerprint density at radius 1 is 1.25 bits per heavy atom. The van der Waals surface area contributed by atoms with Crippen molar-refractivity contribution in [3.63, 3.8) is 0 Å². The number of carbonyl (C=O) groups is 1. The van der Waals surface area contributed by atoms with Crippen LogP contribution in [-0.4, -0.2) is 11.2 Å². The molecule has 88 valence electrons. The van der Waals surface area contributed by atoms with E-state index < -0.39 is 0 Å². The van der Waals surface area contributed by atoms with E-state index in [1.54, 1.807) is 0 Å². The first-order valence-corrected chi connectivity index (χ1v) is 6.68. The zero-order valence-corrected chi connectivity index (χ0v) is 11.2. The van der Waals surface area contributed by atoms with Crippen molar-refractivity contribution in [1.29, 1.82) is 0 Å². The monoisotopic (exact) mass is 283 g/mol. The zero-order valence-electron chi connectivity index (χ0n) is 9.58. The molecular formula is C13H18BrNO. The van der Waals surface area contributed by atoms with Gasteiger partial charge in [0.1, 0.15) is 0 Å². The van der Waals surface area contributed by atoms with Crippen LogP contribution in [0.15, 0.2) is 24.3 Å². The summed E-state index contributed by atoms with van der Waals surface area (Å²) in [6, 6.07) is 8.55. The van der Waals surface area contributed by atoms with Crippen molar-refractivity contribution in [1.82, 2.24) is 0 Å². The number of amides is 1. The minimum atomic E-state index is -0.212. The van der Waals surface area contributed by atoms with E-state index in [0.29, 0.717) is 0 Å². The van der Waals surface area contributed by atoms with Gasteiger partial charge in [-0.1, -0.05) is 47.1 Å². The van der Waals surface area contributed by atoms with E-state index in [1.165, 1.54) is 11.1 Å². The van der Waals surface area contributed by atoms with Gasteiger partial charge in [-0.25, -0.2) is 0 Å². The fourth-order valence-corrected chi connectivity index (χ4v) is 1.96. The quantitative estimate of drug-likeness (QED) is 0.802. The van der Waals surface area contributed by atoms with Crippen LogP contribution >= 0.6 is 15.9 Å². The third-order valence-corrected chi connectivity index (χ3v) is 3.15. The normalized spacial score (nSPS) is 12.4. The van der Waals surface area contributed by atoms with Crippen LogP contribution in [0.1, 0.15) is 24.5 Å². The molecule has 1 amide bonds. The van der Waals surface area contributed by atoms with Crippen molar-refractivity contribution in [2.24, 2.45) is 11.7 Å². The summed E-state index contributed by atoms with van der Waals surface area (Å²) in [4.78, 5) is 10.9. The van der Waals surface area contributed by atoms with Crippen molar-refractivity contribution < 1.29 is 4.79 Å². The number of hydrogen-bond donors (Lipinski definition) is 1. The summed E-state index contributed by atoms with van der Waals surface area (Å²) < 4.78 is 0. The van der Waals surface area contributed by atoms with Gasteiger partial charge in [-0.3, -0.25) is 4.79 Å². The summed E-state index contributed by atoms with van der Waals surface area (Å²) >= 11 is 3.42. The van der Waals surface area contributed by atoms with Gasteiger partial charge in [-0.15, -0.1) is 0 Å².